The van der Waals surface area contributed by atoms with Crippen molar-refractivity contribution >= 4 is 5.91 Å². The maximum Gasteiger partial charge on any atom is 0.249 e. The number of aromatic nitrogens is 2. The summed E-state index contributed by atoms with van der Waals surface area (Å²) >= 11 is 0. The van der Waals surface area contributed by atoms with Crippen LogP contribution in [0.15, 0.2) is 4.52 Å². The summed E-state index contributed by atoms with van der Waals surface area (Å²) < 4.78 is 5.14. The van der Waals surface area contributed by atoms with Crippen LogP contribution < -0.4 is 5.32 Å². The third-order valence-electron chi connectivity index (χ3n) is 2.50. The van der Waals surface area contributed by atoms with Crippen LogP contribution in [0.4, 0.5) is 0 Å². The topological polar surface area (TPSA) is 68.0 Å². The Morgan fingerprint density at radius 2 is 2.33 bits per heavy atom. The fourth-order valence-electron chi connectivity index (χ4n) is 1.61. The second-order valence-corrected chi connectivity index (χ2v) is 4.16. The molecule has 1 unspecified atom stereocenters. The predicted octanol–water partition coefficient (Wildman–Crippen LogP) is 1.53. The lowest BCUT2D eigenvalue weighted by Gasteiger charge is -2.19. The molecule has 0 aliphatic carbocycles. The van der Waals surface area contributed by atoms with Crippen LogP contribution in [0.1, 0.15) is 56.8 Å². The molecule has 1 atom stereocenters. The fraction of sp³-hybridized carbons (Fsp3) is 0.700. The summed E-state index contributed by atoms with van der Waals surface area (Å²) in [6.07, 6.45) is 2.36. The Balaban J connectivity index is 2.11. The number of hydrogen-bond acceptors (Lipinski definition) is 4. The van der Waals surface area contributed by atoms with Gasteiger partial charge in [-0.2, -0.15) is 4.98 Å². The minimum atomic E-state index is -0.0914. The van der Waals surface area contributed by atoms with Gasteiger partial charge in [-0.05, 0) is 12.8 Å². The Labute approximate surface area is 88.2 Å². The number of hydrogen-bond donors (Lipinski definition) is 1. The largest absolute Gasteiger partial charge is 0.344 e. The Hall–Kier alpha value is -1.39. The van der Waals surface area contributed by atoms with Gasteiger partial charge in [0.1, 0.15) is 6.04 Å². The third kappa shape index (κ3) is 2.16. The molecule has 0 saturated carbocycles. The molecule has 0 spiro atoms. The van der Waals surface area contributed by atoms with E-state index in [4.69, 9.17) is 4.52 Å². The lowest BCUT2D eigenvalue weighted by molar-refractivity contribution is -0.123. The van der Waals surface area contributed by atoms with Crippen LogP contribution in [0, 0.1) is 0 Å². The first-order chi connectivity index (χ1) is 7.16. The zero-order valence-corrected chi connectivity index (χ0v) is 8.99. The van der Waals surface area contributed by atoms with E-state index in [0.717, 1.165) is 12.8 Å². The standard InChI is InChI=1S/C10H15N3O2/c1-6(2)9-12-10(15-13-9)7-4-3-5-8(14)11-7/h6-7H,3-5H2,1-2H3,(H,11,14). The zero-order chi connectivity index (χ0) is 10.8. The van der Waals surface area contributed by atoms with Gasteiger partial charge >= 0.3 is 0 Å². The molecule has 1 N–H and O–H groups in total. The second-order valence-electron chi connectivity index (χ2n) is 4.16. The van der Waals surface area contributed by atoms with E-state index < -0.39 is 0 Å². The maximum absolute atomic E-state index is 11.2. The summed E-state index contributed by atoms with van der Waals surface area (Å²) in [7, 11) is 0. The molecule has 2 heterocycles. The van der Waals surface area contributed by atoms with Gasteiger partial charge in [0.25, 0.3) is 0 Å². The van der Waals surface area contributed by atoms with Crippen LogP contribution >= 0.6 is 0 Å². The van der Waals surface area contributed by atoms with Crippen LogP contribution in [0.3, 0.4) is 0 Å². The Morgan fingerprint density at radius 3 is 2.93 bits per heavy atom. The predicted molar refractivity (Wildman–Crippen MR) is 53.1 cm³/mol. The number of piperidine rings is 1. The molecule has 1 aliphatic rings. The highest BCUT2D eigenvalue weighted by atomic mass is 16.5. The van der Waals surface area contributed by atoms with E-state index in [-0.39, 0.29) is 17.9 Å². The molecule has 1 aromatic heterocycles. The summed E-state index contributed by atoms with van der Waals surface area (Å²) in [6, 6.07) is -0.0914. The quantitative estimate of drug-likeness (QED) is 0.802. The van der Waals surface area contributed by atoms with E-state index in [1.54, 1.807) is 0 Å². The Kier molecular flexibility index (Phi) is 2.70. The first kappa shape index (κ1) is 10.1. The van der Waals surface area contributed by atoms with E-state index in [1.807, 2.05) is 13.8 Å². The van der Waals surface area contributed by atoms with Gasteiger partial charge in [-0.15, -0.1) is 0 Å². The zero-order valence-electron chi connectivity index (χ0n) is 8.99. The van der Waals surface area contributed by atoms with Crippen molar-refractivity contribution < 1.29 is 9.32 Å². The first-order valence-electron chi connectivity index (χ1n) is 5.29. The van der Waals surface area contributed by atoms with Gasteiger partial charge < -0.3 is 9.84 Å². The molecule has 0 aromatic carbocycles. The normalized spacial score (nSPS) is 21.8. The van der Waals surface area contributed by atoms with Crippen LogP contribution in [0.25, 0.3) is 0 Å². The number of nitrogens with one attached hydrogen (secondary N) is 1. The molecule has 1 aromatic rings. The number of carbonyl (C=O) groups excluding carboxylic acids is 1. The van der Waals surface area contributed by atoms with Gasteiger partial charge in [-0.3, -0.25) is 4.79 Å². The second kappa shape index (κ2) is 4.00. The minimum absolute atomic E-state index is 0.0653. The number of carbonyl (C=O) groups is 1. The van der Waals surface area contributed by atoms with Crippen molar-refractivity contribution in [1.29, 1.82) is 0 Å². The average Bonchev–Trinajstić information content (AvgIpc) is 2.66. The van der Waals surface area contributed by atoms with Crippen molar-refractivity contribution in [2.24, 2.45) is 0 Å². The summed E-state index contributed by atoms with van der Waals surface area (Å²) in [5, 5.41) is 6.73. The molecule has 1 saturated heterocycles. The van der Waals surface area contributed by atoms with Gasteiger partial charge in [0.05, 0.1) is 0 Å². The first-order valence-corrected chi connectivity index (χ1v) is 5.29. The van der Waals surface area contributed by atoms with Crippen molar-refractivity contribution in [3.05, 3.63) is 11.7 Å². The van der Waals surface area contributed by atoms with Gasteiger partial charge in [0.15, 0.2) is 5.82 Å². The maximum atomic E-state index is 11.2. The molecule has 15 heavy (non-hydrogen) atoms. The Morgan fingerprint density at radius 1 is 1.53 bits per heavy atom. The SMILES string of the molecule is CC(C)c1noc(C2CCCC(=O)N2)n1. The monoisotopic (exact) mass is 209 g/mol. The van der Waals surface area contributed by atoms with Gasteiger partial charge in [0.2, 0.25) is 11.8 Å². The lowest BCUT2D eigenvalue weighted by Crippen LogP contribution is -2.32. The van der Waals surface area contributed by atoms with E-state index in [9.17, 15) is 4.79 Å². The van der Waals surface area contributed by atoms with Crippen molar-refractivity contribution in [3.8, 4) is 0 Å². The van der Waals surface area contributed by atoms with Gasteiger partial charge in [-0.25, -0.2) is 0 Å². The van der Waals surface area contributed by atoms with Crippen LogP contribution in [0.2, 0.25) is 0 Å². The van der Waals surface area contributed by atoms with E-state index in [1.165, 1.54) is 0 Å². The lowest BCUT2D eigenvalue weighted by atomic mass is 10.0. The molecule has 1 fully saturated rings. The molecule has 0 bridgehead atoms. The van der Waals surface area contributed by atoms with Gasteiger partial charge in [-0.1, -0.05) is 19.0 Å². The molecule has 5 nitrogen and oxygen atoms in total. The highest BCUT2D eigenvalue weighted by Crippen LogP contribution is 2.23. The van der Waals surface area contributed by atoms with Crippen molar-refractivity contribution in [2.45, 2.75) is 45.1 Å². The summed E-state index contributed by atoms with van der Waals surface area (Å²) in [6.45, 7) is 4.02. The van der Waals surface area contributed by atoms with Crippen LogP contribution in [-0.4, -0.2) is 16.0 Å². The highest BCUT2D eigenvalue weighted by molar-refractivity contribution is 5.76. The van der Waals surface area contributed by atoms with E-state index in [2.05, 4.69) is 15.5 Å². The van der Waals surface area contributed by atoms with E-state index >= 15 is 0 Å². The summed E-state index contributed by atoms with van der Waals surface area (Å²) in [4.78, 5) is 15.5. The number of nitrogens with zero attached hydrogens (tertiary/aromatic N) is 2. The molecular weight excluding hydrogens is 194 g/mol. The molecule has 5 heteroatoms. The summed E-state index contributed by atoms with van der Waals surface area (Å²) in [5.74, 6) is 1.55. The van der Waals surface area contributed by atoms with E-state index in [0.29, 0.717) is 18.1 Å². The third-order valence-corrected chi connectivity index (χ3v) is 2.50. The molecular formula is C10H15N3O2. The number of rotatable bonds is 2. The van der Waals surface area contributed by atoms with Crippen molar-refractivity contribution in [3.63, 3.8) is 0 Å². The smallest absolute Gasteiger partial charge is 0.249 e. The molecule has 0 radical (unpaired) electrons. The fourth-order valence-corrected chi connectivity index (χ4v) is 1.61. The van der Waals surface area contributed by atoms with Gasteiger partial charge in [0, 0.05) is 12.3 Å². The average molecular weight is 209 g/mol. The molecule has 82 valence electrons. The van der Waals surface area contributed by atoms with Crippen LogP contribution in [-0.2, 0) is 4.79 Å². The molecule has 2 rings (SSSR count). The molecule has 1 amide bonds. The van der Waals surface area contributed by atoms with Crippen molar-refractivity contribution in [1.82, 2.24) is 15.5 Å². The summed E-state index contributed by atoms with van der Waals surface area (Å²) in [5.41, 5.74) is 0. The highest BCUT2D eigenvalue weighted by Gasteiger charge is 2.25. The Bertz CT molecular complexity index is 359. The minimum Gasteiger partial charge on any atom is -0.344 e. The van der Waals surface area contributed by atoms with Crippen LogP contribution in [0.5, 0.6) is 0 Å². The van der Waals surface area contributed by atoms with Crippen molar-refractivity contribution in [2.75, 3.05) is 0 Å². The number of amides is 1. The molecule has 1 aliphatic heterocycles.